The van der Waals surface area contributed by atoms with Crippen molar-refractivity contribution in [3.63, 3.8) is 0 Å². The molecule has 4 atom stereocenters. The highest BCUT2D eigenvalue weighted by atomic mass is 79.9. The van der Waals surface area contributed by atoms with E-state index < -0.39 is 17.8 Å². The number of carbonyl (C=O) groups excluding carboxylic acids is 1. The van der Waals surface area contributed by atoms with Gasteiger partial charge in [-0.3, -0.25) is 9.59 Å². The predicted molar refractivity (Wildman–Crippen MR) is 83.0 cm³/mol. The number of allylic oxidation sites excluding steroid dienone is 2. The van der Waals surface area contributed by atoms with Gasteiger partial charge in [0, 0.05) is 10.7 Å². The quantitative estimate of drug-likeness (QED) is 0.810. The molecule has 0 saturated heterocycles. The Hall–Kier alpha value is -1.69. The van der Waals surface area contributed by atoms with Crippen LogP contribution in [0.15, 0.2) is 35.0 Å². The fraction of sp³-hybridized carbons (Fsp3) is 0.438. The van der Waals surface area contributed by atoms with Gasteiger partial charge in [0.05, 0.1) is 11.8 Å². The third-order valence-electron chi connectivity index (χ3n) is 5.41. The van der Waals surface area contributed by atoms with Crippen molar-refractivity contribution in [2.45, 2.75) is 12.8 Å². The summed E-state index contributed by atoms with van der Waals surface area (Å²) in [6.45, 7) is 0. The summed E-state index contributed by atoms with van der Waals surface area (Å²) >= 11 is 3.29. The first-order valence-electron chi connectivity index (χ1n) is 7.36. The molecule has 2 saturated carbocycles. The number of anilines is 1. The van der Waals surface area contributed by atoms with Crippen LogP contribution in [0.3, 0.4) is 0 Å². The van der Waals surface area contributed by atoms with Gasteiger partial charge in [0.2, 0.25) is 5.91 Å². The molecular weight excluding hydrogens is 348 g/mol. The Labute approximate surface area is 135 Å². The Balaban J connectivity index is 1.60. The Morgan fingerprint density at radius 3 is 2.45 bits per heavy atom. The number of carboxylic acids is 1. The zero-order valence-corrected chi connectivity index (χ0v) is 13.3. The molecule has 1 aromatic heterocycles. The van der Waals surface area contributed by atoms with E-state index in [1.807, 2.05) is 6.08 Å². The number of carbonyl (C=O) groups is 2. The zero-order chi connectivity index (χ0) is 15.5. The molecule has 2 N–H and O–H groups in total. The number of rotatable bonds is 3. The Morgan fingerprint density at radius 1 is 1.23 bits per heavy atom. The SMILES string of the molecule is O=C(Nc1ccc(Br)cn1)C1[C@H](C(=O)O)[C@H]2C=C[C@@H]1C21CC1. The number of carboxylic acid groups (broad SMARTS) is 1. The first-order chi connectivity index (χ1) is 10.5. The van der Waals surface area contributed by atoms with Gasteiger partial charge in [-0.15, -0.1) is 0 Å². The normalized spacial score (nSPS) is 33.1. The standard InChI is InChI=1S/C16H15BrN2O3/c17-8-1-4-11(18-7-8)19-14(20)12-9-2-3-10(13(12)15(21)22)16(9)5-6-16/h1-4,7,9-10,12-13H,5-6H2,(H,21,22)(H,18,19,20)/t9-,10+,12?,13+/m0/s1. The van der Waals surface area contributed by atoms with Crippen LogP contribution in [-0.4, -0.2) is 22.0 Å². The van der Waals surface area contributed by atoms with Gasteiger partial charge in [0.25, 0.3) is 0 Å². The smallest absolute Gasteiger partial charge is 0.307 e. The summed E-state index contributed by atoms with van der Waals surface area (Å²) in [5.74, 6) is -1.71. The lowest BCUT2D eigenvalue weighted by Gasteiger charge is -2.23. The van der Waals surface area contributed by atoms with Crippen LogP contribution in [0.2, 0.25) is 0 Å². The van der Waals surface area contributed by atoms with Crippen LogP contribution in [0.25, 0.3) is 0 Å². The van der Waals surface area contributed by atoms with E-state index in [2.05, 4.69) is 32.3 Å². The van der Waals surface area contributed by atoms with Crippen LogP contribution in [0.5, 0.6) is 0 Å². The second-order valence-corrected chi connectivity index (χ2v) is 7.33. The minimum absolute atomic E-state index is 0.00336. The van der Waals surface area contributed by atoms with Crippen molar-refractivity contribution in [2.24, 2.45) is 29.1 Å². The highest BCUT2D eigenvalue weighted by Gasteiger charge is 2.70. The lowest BCUT2D eigenvalue weighted by atomic mass is 9.82. The summed E-state index contributed by atoms with van der Waals surface area (Å²) in [5, 5.41) is 12.4. The summed E-state index contributed by atoms with van der Waals surface area (Å²) in [7, 11) is 0. The summed E-state index contributed by atoms with van der Waals surface area (Å²) in [6.07, 6.45) is 7.72. The molecule has 5 nitrogen and oxygen atoms in total. The van der Waals surface area contributed by atoms with Gasteiger partial charge >= 0.3 is 5.97 Å². The van der Waals surface area contributed by atoms with E-state index in [9.17, 15) is 14.7 Å². The van der Waals surface area contributed by atoms with Gasteiger partial charge < -0.3 is 10.4 Å². The minimum atomic E-state index is -0.868. The summed E-state index contributed by atoms with van der Waals surface area (Å²) < 4.78 is 0.828. The lowest BCUT2D eigenvalue weighted by Crippen LogP contribution is -2.36. The number of pyridine rings is 1. The molecule has 0 aromatic carbocycles. The van der Waals surface area contributed by atoms with Gasteiger partial charge in [-0.2, -0.15) is 0 Å². The van der Waals surface area contributed by atoms with Crippen LogP contribution in [-0.2, 0) is 9.59 Å². The van der Waals surface area contributed by atoms with Gasteiger partial charge in [-0.1, -0.05) is 12.2 Å². The topological polar surface area (TPSA) is 79.3 Å². The van der Waals surface area contributed by atoms with Crippen molar-refractivity contribution in [1.82, 2.24) is 4.98 Å². The number of aromatic nitrogens is 1. The number of hydrogen-bond acceptors (Lipinski definition) is 3. The van der Waals surface area contributed by atoms with Crippen LogP contribution in [0, 0.1) is 29.1 Å². The van der Waals surface area contributed by atoms with Crippen LogP contribution < -0.4 is 5.32 Å². The molecule has 1 heterocycles. The van der Waals surface area contributed by atoms with Crippen molar-refractivity contribution in [2.75, 3.05) is 5.32 Å². The molecule has 114 valence electrons. The van der Waals surface area contributed by atoms with E-state index in [1.165, 1.54) is 0 Å². The summed E-state index contributed by atoms with van der Waals surface area (Å²) in [6, 6.07) is 3.49. The molecule has 6 heteroatoms. The number of halogens is 1. The molecule has 1 amide bonds. The molecular formula is C16H15BrN2O3. The molecule has 0 radical (unpaired) electrons. The van der Waals surface area contributed by atoms with Crippen LogP contribution in [0.1, 0.15) is 12.8 Å². The monoisotopic (exact) mass is 362 g/mol. The fourth-order valence-corrected chi connectivity index (χ4v) is 4.58. The summed E-state index contributed by atoms with van der Waals surface area (Å²) in [5.41, 5.74) is 0.0399. The second-order valence-electron chi connectivity index (χ2n) is 6.41. The zero-order valence-electron chi connectivity index (χ0n) is 11.7. The molecule has 4 rings (SSSR count). The lowest BCUT2D eigenvalue weighted by molar-refractivity contribution is -0.146. The van der Waals surface area contributed by atoms with Crippen molar-refractivity contribution >= 4 is 33.6 Å². The van der Waals surface area contributed by atoms with E-state index in [0.717, 1.165) is 17.3 Å². The molecule has 1 spiro atoms. The summed E-state index contributed by atoms with van der Waals surface area (Å²) in [4.78, 5) is 28.5. The molecule has 1 aromatic rings. The van der Waals surface area contributed by atoms with Crippen LogP contribution >= 0.6 is 15.9 Å². The van der Waals surface area contributed by atoms with E-state index in [0.29, 0.717) is 5.82 Å². The van der Waals surface area contributed by atoms with Crippen molar-refractivity contribution in [1.29, 1.82) is 0 Å². The maximum atomic E-state index is 12.7. The number of nitrogens with zero attached hydrogens (tertiary/aromatic N) is 1. The third kappa shape index (κ3) is 1.86. The molecule has 1 unspecified atom stereocenters. The van der Waals surface area contributed by atoms with Crippen molar-refractivity contribution in [3.8, 4) is 0 Å². The van der Waals surface area contributed by atoms with E-state index >= 15 is 0 Å². The van der Waals surface area contributed by atoms with Gasteiger partial charge in [-0.25, -0.2) is 4.98 Å². The Kier molecular flexibility index (Phi) is 2.95. The van der Waals surface area contributed by atoms with E-state index in [4.69, 9.17) is 0 Å². The second kappa shape index (κ2) is 4.65. The predicted octanol–water partition coefficient (Wildman–Crippen LogP) is 2.70. The molecule has 22 heavy (non-hydrogen) atoms. The van der Waals surface area contributed by atoms with Gasteiger partial charge in [0.1, 0.15) is 5.82 Å². The molecule has 2 fully saturated rings. The Bertz CT molecular complexity index is 681. The van der Waals surface area contributed by atoms with Gasteiger partial charge in [0.15, 0.2) is 0 Å². The Morgan fingerprint density at radius 2 is 1.91 bits per heavy atom. The number of amides is 1. The van der Waals surface area contributed by atoms with Gasteiger partial charge in [-0.05, 0) is 58.2 Å². The first kappa shape index (κ1) is 13.9. The van der Waals surface area contributed by atoms with Crippen LogP contribution in [0.4, 0.5) is 5.82 Å². The number of nitrogens with one attached hydrogen (secondary N) is 1. The molecule has 3 aliphatic rings. The number of aliphatic carboxylic acids is 1. The molecule has 0 aliphatic heterocycles. The maximum Gasteiger partial charge on any atom is 0.307 e. The fourth-order valence-electron chi connectivity index (χ4n) is 4.35. The minimum Gasteiger partial charge on any atom is -0.481 e. The highest BCUT2D eigenvalue weighted by Crippen LogP contribution is 2.72. The highest BCUT2D eigenvalue weighted by molar-refractivity contribution is 9.10. The van der Waals surface area contributed by atoms with E-state index in [-0.39, 0.29) is 23.2 Å². The molecule has 2 bridgehead atoms. The largest absolute Gasteiger partial charge is 0.481 e. The molecule has 3 aliphatic carbocycles. The third-order valence-corrected chi connectivity index (χ3v) is 5.88. The van der Waals surface area contributed by atoms with Crippen molar-refractivity contribution in [3.05, 3.63) is 35.0 Å². The van der Waals surface area contributed by atoms with E-state index in [1.54, 1.807) is 18.3 Å². The van der Waals surface area contributed by atoms with Crippen molar-refractivity contribution < 1.29 is 14.7 Å². The average molecular weight is 363 g/mol. The first-order valence-corrected chi connectivity index (χ1v) is 8.16. The maximum absolute atomic E-state index is 12.7. The number of hydrogen-bond donors (Lipinski definition) is 2. The average Bonchev–Trinajstić information content (AvgIpc) is 3.15.